The smallest absolute Gasteiger partial charge is 0.214 e. The first-order valence-corrected chi connectivity index (χ1v) is 7.68. The molecule has 0 amide bonds. The highest BCUT2D eigenvalue weighted by Crippen LogP contribution is 2.64. The standard InChI is InChI=1S/C12H21NO3S/c1-11(2)9-5-6-12(11,10(14)7-9)8-17(15,16)13(3)4/h9H,5-8H2,1-4H3/t9-,12+/m1/s1. The van der Waals surface area contributed by atoms with Gasteiger partial charge in [0.05, 0.1) is 5.75 Å². The van der Waals surface area contributed by atoms with Gasteiger partial charge in [-0.2, -0.15) is 0 Å². The van der Waals surface area contributed by atoms with Crippen molar-refractivity contribution in [3.05, 3.63) is 0 Å². The van der Waals surface area contributed by atoms with Gasteiger partial charge in [0, 0.05) is 25.9 Å². The molecule has 2 aliphatic carbocycles. The average Bonchev–Trinajstić information content (AvgIpc) is 2.50. The first kappa shape index (κ1) is 13.0. The highest BCUT2D eigenvalue weighted by atomic mass is 32.2. The van der Waals surface area contributed by atoms with E-state index in [2.05, 4.69) is 13.8 Å². The number of nitrogens with zero attached hydrogens (tertiary/aromatic N) is 1. The van der Waals surface area contributed by atoms with Gasteiger partial charge in [0.15, 0.2) is 0 Å². The fourth-order valence-electron chi connectivity index (χ4n) is 3.55. The number of hydrogen-bond donors (Lipinski definition) is 0. The van der Waals surface area contributed by atoms with Gasteiger partial charge in [-0.05, 0) is 24.2 Å². The van der Waals surface area contributed by atoms with Gasteiger partial charge in [0.2, 0.25) is 10.0 Å². The predicted octanol–water partition coefficient (Wildman–Crippen LogP) is 1.27. The molecule has 2 saturated carbocycles. The summed E-state index contributed by atoms with van der Waals surface area (Å²) in [6, 6.07) is 0. The number of carbonyl (C=O) groups excluding carboxylic acids is 1. The van der Waals surface area contributed by atoms with E-state index in [4.69, 9.17) is 0 Å². The van der Waals surface area contributed by atoms with E-state index in [9.17, 15) is 13.2 Å². The molecule has 2 aliphatic rings. The number of carbonyl (C=O) groups is 1. The van der Waals surface area contributed by atoms with Gasteiger partial charge in [-0.15, -0.1) is 0 Å². The van der Waals surface area contributed by atoms with Gasteiger partial charge in [0.1, 0.15) is 5.78 Å². The van der Waals surface area contributed by atoms with E-state index in [0.29, 0.717) is 12.3 Å². The molecule has 0 spiro atoms. The molecule has 0 radical (unpaired) electrons. The van der Waals surface area contributed by atoms with Crippen molar-refractivity contribution in [2.24, 2.45) is 16.7 Å². The molecule has 2 rings (SSSR count). The summed E-state index contributed by atoms with van der Waals surface area (Å²) in [5.41, 5.74) is -0.812. The Labute approximate surface area is 103 Å². The highest BCUT2D eigenvalue weighted by molar-refractivity contribution is 7.89. The number of Topliss-reactive ketones (excluding diaryl/α,β-unsaturated/α-hetero) is 1. The molecule has 5 heteroatoms. The third-order valence-electron chi connectivity index (χ3n) is 5.12. The molecule has 0 aliphatic heterocycles. The van der Waals surface area contributed by atoms with Gasteiger partial charge >= 0.3 is 0 Å². The van der Waals surface area contributed by atoms with Crippen LogP contribution in [0.2, 0.25) is 0 Å². The normalized spacial score (nSPS) is 35.8. The summed E-state index contributed by atoms with van der Waals surface area (Å²) in [6.45, 7) is 4.11. The zero-order chi connectivity index (χ0) is 13.1. The van der Waals surface area contributed by atoms with Crippen LogP contribution in [0.1, 0.15) is 33.1 Å². The van der Waals surface area contributed by atoms with Crippen molar-refractivity contribution >= 4 is 15.8 Å². The van der Waals surface area contributed by atoms with Gasteiger partial charge in [0.25, 0.3) is 0 Å². The van der Waals surface area contributed by atoms with Crippen LogP contribution in [0.25, 0.3) is 0 Å². The highest BCUT2D eigenvalue weighted by Gasteiger charge is 2.65. The largest absolute Gasteiger partial charge is 0.299 e. The summed E-state index contributed by atoms with van der Waals surface area (Å²) in [4.78, 5) is 12.2. The first-order chi connectivity index (χ1) is 7.63. The number of fused-ring (bicyclic) bond motifs is 2. The molecule has 98 valence electrons. The summed E-state index contributed by atoms with van der Waals surface area (Å²) in [7, 11) is -0.252. The lowest BCUT2D eigenvalue weighted by atomic mass is 9.70. The Morgan fingerprint density at radius 2 is 1.94 bits per heavy atom. The quantitative estimate of drug-likeness (QED) is 0.767. The topological polar surface area (TPSA) is 54.5 Å². The van der Waals surface area contributed by atoms with Gasteiger partial charge in [-0.3, -0.25) is 4.79 Å². The second-order valence-corrected chi connectivity index (χ2v) is 8.39. The van der Waals surface area contributed by atoms with Crippen LogP contribution >= 0.6 is 0 Å². The zero-order valence-corrected chi connectivity index (χ0v) is 11.8. The Morgan fingerprint density at radius 1 is 1.35 bits per heavy atom. The minimum absolute atomic E-state index is 0.0185. The Hall–Kier alpha value is -0.420. The Balaban J connectivity index is 2.40. The molecule has 0 saturated heterocycles. The predicted molar refractivity (Wildman–Crippen MR) is 66.0 cm³/mol. The summed E-state index contributed by atoms with van der Waals surface area (Å²) in [5, 5.41) is 0. The molecule has 0 aromatic rings. The number of hydrogen-bond acceptors (Lipinski definition) is 3. The van der Waals surface area contributed by atoms with E-state index < -0.39 is 15.4 Å². The van der Waals surface area contributed by atoms with Gasteiger partial charge in [-0.1, -0.05) is 13.8 Å². The summed E-state index contributed by atoms with van der Waals surface area (Å²) >= 11 is 0. The van der Waals surface area contributed by atoms with Crippen molar-refractivity contribution in [2.45, 2.75) is 33.1 Å². The van der Waals surface area contributed by atoms with Crippen molar-refractivity contribution in [1.82, 2.24) is 4.31 Å². The van der Waals surface area contributed by atoms with Crippen LogP contribution in [0.3, 0.4) is 0 Å². The third kappa shape index (κ3) is 1.58. The van der Waals surface area contributed by atoms with E-state index in [1.165, 1.54) is 18.4 Å². The van der Waals surface area contributed by atoms with Gasteiger partial charge < -0.3 is 0 Å². The van der Waals surface area contributed by atoms with E-state index in [0.717, 1.165) is 12.8 Å². The molecule has 0 aromatic carbocycles. The second-order valence-electron chi connectivity index (χ2n) is 6.21. The third-order valence-corrected chi connectivity index (χ3v) is 7.09. The van der Waals surface area contributed by atoms with Crippen LogP contribution in [0.5, 0.6) is 0 Å². The maximum atomic E-state index is 12.2. The lowest BCUT2D eigenvalue weighted by molar-refractivity contribution is -0.128. The van der Waals surface area contributed by atoms with E-state index in [-0.39, 0.29) is 17.0 Å². The van der Waals surface area contributed by atoms with E-state index >= 15 is 0 Å². The van der Waals surface area contributed by atoms with E-state index in [1.54, 1.807) is 0 Å². The Morgan fingerprint density at radius 3 is 2.29 bits per heavy atom. The van der Waals surface area contributed by atoms with Crippen LogP contribution in [0, 0.1) is 16.7 Å². The Kier molecular flexibility index (Phi) is 2.71. The molecule has 2 bridgehead atoms. The molecule has 0 unspecified atom stereocenters. The minimum Gasteiger partial charge on any atom is -0.299 e. The van der Waals surface area contributed by atoms with Crippen LogP contribution in [-0.2, 0) is 14.8 Å². The summed E-state index contributed by atoms with van der Waals surface area (Å²) < 4.78 is 25.4. The first-order valence-electron chi connectivity index (χ1n) is 6.07. The molecule has 0 aromatic heterocycles. The second kappa shape index (κ2) is 3.54. The maximum absolute atomic E-state index is 12.2. The molecular formula is C12H21NO3S. The number of rotatable bonds is 3. The SMILES string of the molecule is CN(C)S(=O)(=O)C[C@@]12CC[C@H](CC1=O)C2(C)C. The molecule has 2 atom stereocenters. The van der Waals surface area contributed by atoms with Crippen LogP contribution in [-0.4, -0.2) is 38.4 Å². The van der Waals surface area contributed by atoms with Crippen molar-refractivity contribution in [3.63, 3.8) is 0 Å². The number of sulfonamides is 1. The van der Waals surface area contributed by atoms with E-state index in [1.807, 2.05) is 0 Å². The molecular weight excluding hydrogens is 238 g/mol. The summed E-state index contributed by atoms with van der Waals surface area (Å²) in [6.07, 6.45) is 2.29. The average molecular weight is 259 g/mol. The monoisotopic (exact) mass is 259 g/mol. The van der Waals surface area contributed by atoms with Crippen molar-refractivity contribution in [1.29, 1.82) is 0 Å². The molecule has 17 heavy (non-hydrogen) atoms. The molecule has 0 heterocycles. The summed E-state index contributed by atoms with van der Waals surface area (Å²) in [5.74, 6) is 0.506. The maximum Gasteiger partial charge on any atom is 0.214 e. The fourth-order valence-corrected chi connectivity index (χ4v) is 5.11. The van der Waals surface area contributed by atoms with Gasteiger partial charge in [-0.25, -0.2) is 12.7 Å². The Bertz CT molecular complexity index is 452. The molecule has 0 N–H and O–H groups in total. The van der Waals surface area contributed by atoms with Crippen molar-refractivity contribution < 1.29 is 13.2 Å². The molecule has 2 fully saturated rings. The van der Waals surface area contributed by atoms with Crippen LogP contribution in [0.15, 0.2) is 0 Å². The fraction of sp³-hybridized carbons (Fsp3) is 0.917. The van der Waals surface area contributed by atoms with Crippen molar-refractivity contribution in [3.8, 4) is 0 Å². The number of ketones is 1. The van der Waals surface area contributed by atoms with Crippen LogP contribution in [0.4, 0.5) is 0 Å². The molecule has 4 nitrogen and oxygen atoms in total. The zero-order valence-electron chi connectivity index (χ0n) is 11.0. The van der Waals surface area contributed by atoms with Crippen molar-refractivity contribution in [2.75, 3.05) is 19.8 Å². The lowest BCUT2D eigenvalue weighted by Crippen LogP contribution is -2.45. The minimum atomic E-state index is -3.32. The van der Waals surface area contributed by atoms with Crippen LogP contribution < -0.4 is 0 Å². The lowest BCUT2D eigenvalue weighted by Gasteiger charge is -2.36.